The molecule has 0 saturated carbocycles. The molecule has 1 saturated heterocycles. The maximum absolute atomic E-state index is 13.7. The van der Waals surface area contributed by atoms with Gasteiger partial charge in [-0.2, -0.15) is 0 Å². The fourth-order valence-electron chi connectivity index (χ4n) is 1.99. The number of carbonyl (C=O) groups is 1. The minimum Gasteiger partial charge on any atom is -0.493 e. The van der Waals surface area contributed by atoms with Crippen LogP contribution in [0.1, 0.15) is 23.2 Å². The summed E-state index contributed by atoms with van der Waals surface area (Å²) in [5.41, 5.74) is 0.233. The average molecular weight is 258 g/mol. The Morgan fingerprint density at radius 1 is 1.41 bits per heavy atom. The van der Waals surface area contributed by atoms with Crippen molar-refractivity contribution in [3.05, 3.63) is 28.5 Å². The van der Waals surface area contributed by atoms with E-state index in [1.165, 1.54) is 19.2 Å². The van der Waals surface area contributed by atoms with E-state index in [4.69, 9.17) is 16.3 Å². The summed E-state index contributed by atoms with van der Waals surface area (Å²) in [6, 6.07) is 2.88. The zero-order valence-corrected chi connectivity index (χ0v) is 10.3. The van der Waals surface area contributed by atoms with Crippen LogP contribution in [-0.4, -0.2) is 31.0 Å². The molecule has 1 heterocycles. The Morgan fingerprint density at radius 2 is 2.06 bits per heavy atom. The van der Waals surface area contributed by atoms with Crippen molar-refractivity contribution in [1.29, 1.82) is 0 Å². The number of nitrogens with zero attached hydrogens (tertiary/aromatic N) is 1. The van der Waals surface area contributed by atoms with Gasteiger partial charge in [0.2, 0.25) is 0 Å². The number of hydrogen-bond donors (Lipinski definition) is 0. The third kappa shape index (κ3) is 2.22. The average Bonchev–Trinajstić information content (AvgIpc) is 2.85. The molecule has 0 aromatic heterocycles. The summed E-state index contributed by atoms with van der Waals surface area (Å²) in [4.78, 5) is 13.8. The first-order chi connectivity index (χ1) is 8.15. The number of amides is 1. The van der Waals surface area contributed by atoms with E-state index in [0.29, 0.717) is 13.1 Å². The van der Waals surface area contributed by atoms with Crippen LogP contribution in [0.5, 0.6) is 5.75 Å². The summed E-state index contributed by atoms with van der Waals surface area (Å²) in [5, 5.41) is -0.0418. The fraction of sp³-hybridized carbons (Fsp3) is 0.417. The maximum atomic E-state index is 13.7. The molecule has 1 aliphatic rings. The van der Waals surface area contributed by atoms with Gasteiger partial charge < -0.3 is 9.64 Å². The van der Waals surface area contributed by atoms with E-state index in [1.807, 2.05) is 0 Å². The number of halogens is 2. The first-order valence-corrected chi connectivity index (χ1v) is 5.84. The van der Waals surface area contributed by atoms with Gasteiger partial charge >= 0.3 is 0 Å². The summed E-state index contributed by atoms with van der Waals surface area (Å²) < 4.78 is 18.6. The van der Waals surface area contributed by atoms with Crippen LogP contribution >= 0.6 is 11.6 Å². The number of likely N-dealkylation sites (tertiary alicyclic amines) is 1. The zero-order valence-electron chi connectivity index (χ0n) is 9.50. The lowest BCUT2D eigenvalue weighted by Crippen LogP contribution is -2.28. The highest BCUT2D eigenvalue weighted by Gasteiger charge is 2.24. The van der Waals surface area contributed by atoms with Gasteiger partial charge in [0, 0.05) is 13.1 Å². The van der Waals surface area contributed by atoms with Crippen LogP contribution < -0.4 is 4.74 Å². The molecule has 1 aromatic carbocycles. The molecule has 0 spiro atoms. The van der Waals surface area contributed by atoms with E-state index in [1.54, 1.807) is 4.90 Å². The van der Waals surface area contributed by atoms with Crippen molar-refractivity contribution in [2.45, 2.75) is 12.8 Å². The molecule has 0 bridgehead atoms. The highest BCUT2D eigenvalue weighted by Crippen LogP contribution is 2.30. The first-order valence-electron chi connectivity index (χ1n) is 5.46. The van der Waals surface area contributed by atoms with Gasteiger partial charge in [-0.25, -0.2) is 4.39 Å². The summed E-state index contributed by atoms with van der Waals surface area (Å²) >= 11 is 5.65. The largest absolute Gasteiger partial charge is 0.493 e. The normalized spacial score (nSPS) is 15.1. The van der Waals surface area contributed by atoms with E-state index in [9.17, 15) is 9.18 Å². The fourth-order valence-corrected chi connectivity index (χ4v) is 2.14. The Bertz CT molecular complexity index is 444. The Morgan fingerprint density at radius 3 is 2.65 bits per heavy atom. The topological polar surface area (TPSA) is 29.5 Å². The monoisotopic (exact) mass is 257 g/mol. The predicted molar refractivity (Wildman–Crippen MR) is 63.1 cm³/mol. The Hall–Kier alpha value is -1.29. The second-order valence-corrected chi connectivity index (χ2v) is 4.35. The Labute approximate surface area is 104 Å². The van der Waals surface area contributed by atoms with Gasteiger partial charge in [0.15, 0.2) is 11.6 Å². The number of carbonyl (C=O) groups excluding carboxylic acids is 1. The highest BCUT2D eigenvalue weighted by molar-refractivity contribution is 6.31. The van der Waals surface area contributed by atoms with Crippen molar-refractivity contribution in [2.24, 2.45) is 0 Å². The SMILES string of the molecule is COc1c(C(=O)N2CCCC2)ccc(Cl)c1F. The highest BCUT2D eigenvalue weighted by atomic mass is 35.5. The second kappa shape index (κ2) is 4.92. The summed E-state index contributed by atoms with van der Waals surface area (Å²) in [6.07, 6.45) is 1.98. The quantitative estimate of drug-likeness (QED) is 0.815. The predicted octanol–water partition coefficient (Wildman–Crippen LogP) is 2.72. The van der Waals surface area contributed by atoms with Crippen LogP contribution in [-0.2, 0) is 0 Å². The molecule has 1 amide bonds. The molecule has 1 aliphatic heterocycles. The van der Waals surface area contributed by atoms with Crippen molar-refractivity contribution in [1.82, 2.24) is 4.90 Å². The van der Waals surface area contributed by atoms with Gasteiger partial charge in [-0.15, -0.1) is 0 Å². The van der Waals surface area contributed by atoms with Crippen molar-refractivity contribution < 1.29 is 13.9 Å². The van der Waals surface area contributed by atoms with E-state index in [0.717, 1.165) is 12.8 Å². The standard InChI is InChI=1S/C12H13ClFNO2/c1-17-11-8(4-5-9(13)10(11)14)12(16)15-6-2-3-7-15/h4-5H,2-3,6-7H2,1H3. The molecule has 2 rings (SSSR count). The van der Waals surface area contributed by atoms with E-state index in [2.05, 4.69) is 0 Å². The lowest BCUT2D eigenvalue weighted by atomic mass is 10.1. The van der Waals surface area contributed by atoms with Gasteiger partial charge in [-0.1, -0.05) is 11.6 Å². The molecule has 5 heteroatoms. The van der Waals surface area contributed by atoms with Gasteiger partial charge in [0.05, 0.1) is 17.7 Å². The minimum atomic E-state index is -0.681. The van der Waals surface area contributed by atoms with Gasteiger partial charge in [0.25, 0.3) is 5.91 Å². The molecule has 0 N–H and O–H groups in total. The minimum absolute atomic E-state index is 0.0418. The van der Waals surface area contributed by atoms with Crippen molar-refractivity contribution in [3.63, 3.8) is 0 Å². The van der Waals surface area contributed by atoms with Gasteiger partial charge in [-0.05, 0) is 25.0 Å². The molecule has 0 unspecified atom stereocenters. The van der Waals surface area contributed by atoms with E-state index in [-0.39, 0.29) is 22.2 Å². The molecule has 17 heavy (non-hydrogen) atoms. The molecule has 0 aliphatic carbocycles. The van der Waals surface area contributed by atoms with Crippen LogP contribution in [0.2, 0.25) is 5.02 Å². The molecule has 1 fully saturated rings. The Balaban J connectivity index is 2.37. The van der Waals surface area contributed by atoms with Crippen LogP contribution in [0, 0.1) is 5.82 Å². The molecule has 92 valence electrons. The van der Waals surface area contributed by atoms with E-state index < -0.39 is 5.82 Å². The van der Waals surface area contributed by atoms with Crippen molar-refractivity contribution >= 4 is 17.5 Å². The summed E-state index contributed by atoms with van der Waals surface area (Å²) in [7, 11) is 1.33. The molecule has 0 radical (unpaired) electrons. The Kier molecular flexibility index (Phi) is 3.52. The number of benzene rings is 1. The molecular weight excluding hydrogens is 245 g/mol. The summed E-state index contributed by atoms with van der Waals surface area (Å²) in [6.45, 7) is 1.43. The van der Waals surface area contributed by atoms with Gasteiger partial charge in [-0.3, -0.25) is 4.79 Å². The number of methoxy groups -OCH3 is 1. The van der Waals surface area contributed by atoms with Crippen molar-refractivity contribution in [3.8, 4) is 5.75 Å². The van der Waals surface area contributed by atoms with E-state index >= 15 is 0 Å². The van der Waals surface area contributed by atoms with Crippen LogP contribution in [0.3, 0.4) is 0 Å². The third-order valence-electron chi connectivity index (χ3n) is 2.88. The molecule has 0 atom stereocenters. The van der Waals surface area contributed by atoms with Gasteiger partial charge in [0.1, 0.15) is 0 Å². The summed E-state index contributed by atoms with van der Waals surface area (Å²) in [5.74, 6) is -0.955. The number of ether oxygens (including phenoxy) is 1. The molecular formula is C12H13ClFNO2. The second-order valence-electron chi connectivity index (χ2n) is 3.94. The van der Waals surface area contributed by atoms with Crippen molar-refractivity contribution in [2.75, 3.05) is 20.2 Å². The van der Waals surface area contributed by atoms with Crippen LogP contribution in [0.4, 0.5) is 4.39 Å². The number of hydrogen-bond acceptors (Lipinski definition) is 2. The smallest absolute Gasteiger partial charge is 0.257 e. The third-order valence-corrected chi connectivity index (χ3v) is 3.17. The van der Waals surface area contributed by atoms with Crippen LogP contribution in [0.25, 0.3) is 0 Å². The lowest BCUT2D eigenvalue weighted by Gasteiger charge is -2.17. The zero-order chi connectivity index (χ0) is 12.4. The molecule has 1 aromatic rings. The molecule has 3 nitrogen and oxygen atoms in total. The number of rotatable bonds is 2. The van der Waals surface area contributed by atoms with Crippen LogP contribution in [0.15, 0.2) is 12.1 Å². The maximum Gasteiger partial charge on any atom is 0.257 e. The first kappa shape index (κ1) is 12.2. The lowest BCUT2D eigenvalue weighted by molar-refractivity contribution is 0.0788.